The zero-order chi connectivity index (χ0) is 14.7. The van der Waals surface area contributed by atoms with Crippen LogP contribution in [0.4, 0.5) is 5.69 Å². The standard InChI is InChI=1S/C15H17N3O3/c16-12-5-1-2-6-14(12)18-8-7-13(17-18)15(19)21-10-11-4-3-9-20-11/h1-2,5-8,11H,3-4,9-10,16H2. The van der Waals surface area contributed by atoms with Gasteiger partial charge in [0.05, 0.1) is 17.5 Å². The molecule has 0 saturated carbocycles. The zero-order valence-electron chi connectivity index (χ0n) is 11.6. The van der Waals surface area contributed by atoms with Crippen LogP contribution in [0.3, 0.4) is 0 Å². The molecule has 1 aromatic heterocycles. The third-order valence-corrected chi connectivity index (χ3v) is 3.41. The molecule has 0 bridgehead atoms. The number of nitrogens with two attached hydrogens (primary N) is 1. The molecule has 1 aliphatic heterocycles. The maximum atomic E-state index is 11.9. The van der Waals surface area contributed by atoms with Gasteiger partial charge in [-0.05, 0) is 31.0 Å². The Kier molecular flexibility index (Phi) is 3.87. The second kappa shape index (κ2) is 5.97. The number of benzene rings is 1. The minimum Gasteiger partial charge on any atom is -0.458 e. The topological polar surface area (TPSA) is 79.4 Å². The number of hydrogen-bond acceptors (Lipinski definition) is 5. The molecule has 6 nitrogen and oxygen atoms in total. The molecular weight excluding hydrogens is 270 g/mol. The molecule has 21 heavy (non-hydrogen) atoms. The maximum absolute atomic E-state index is 11.9. The summed E-state index contributed by atoms with van der Waals surface area (Å²) in [5, 5.41) is 4.21. The van der Waals surface area contributed by atoms with Crippen molar-refractivity contribution >= 4 is 11.7 Å². The van der Waals surface area contributed by atoms with Crippen LogP contribution in [0.2, 0.25) is 0 Å². The fourth-order valence-corrected chi connectivity index (χ4v) is 2.28. The predicted molar refractivity (Wildman–Crippen MR) is 77.2 cm³/mol. The Morgan fingerprint density at radius 1 is 1.43 bits per heavy atom. The highest BCUT2D eigenvalue weighted by molar-refractivity contribution is 5.87. The smallest absolute Gasteiger partial charge is 0.358 e. The van der Waals surface area contributed by atoms with Gasteiger partial charge in [0.2, 0.25) is 0 Å². The number of para-hydroxylation sites is 2. The van der Waals surface area contributed by atoms with Crippen molar-refractivity contribution in [1.82, 2.24) is 9.78 Å². The summed E-state index contributed by atoms with van der Waals surface area (Å²) in [6.07, 6.45) is 3.65. The van der Waals surface area contributed by atoms with E-state index in [2.05, 4.69) is 5.10 Å². The summed E-state index contributed by atoms with van der Waals surface area (Å²) >= 11 is 0. The molecular formula is C15H17N3O3. The van der Waals surface area contributed by atoms with E-state index in [-0.39, 0.29) is 18.4 Å². The number of carbonyl (C=O) groups is 1. The highest BCUT2D eigenvalue weighted by Gasteiger charge is 2.19. The van der Waals surface area contributed by atoms with Gasteiger partial charge in [-0.15, -0.1) is 0 Å². The first kappa shape index (κ1) is 13.6. The highest BCUT2D eigenvalue weighted by Crippen LogP contribution is 2.16. The van der Waals surface area contributed by atoms with Crippen molar-refractivity contribution in [3.63, 3.8) is 0 Å². The van der Waals surface area contributed by atoms with E-state index in [1.807, 2.05) is 18.2 Å². The van der Waals surface area contributed by atoms with E-state index in [0.717, 1.165) is 25.1 Å². The monoisotopic (exact) mass is 287 g/mol. The van der Waals surface area contributed by atoms with Gasteiger partial charge in [-0.1, -0.05) is 12.1 Å². The Bertz CT molecular complexity index is 633. The summed E-state index contributed by atoms with van der Waals surface area (Å²) in [4.78, 5) is 11.9. The second-order valence-electron chi connectivity index (χ2n) is 4.94. The van der Waals surface area contributed by atoms with Crippen molar-refractivity contribution in [1.29, 1.82) is 0 Å². The van der Waals surface area contributed by atoms with Gasteiger partial charge in [0, 0.05) is 12.8 Å². The van der Waals surface area contributed by atoms with Crippen molar-refractivity contribution in [2.45, 2.75) is 18.9 Å². The fourth-order valence-electron chi connectivity index (χ4n) is 2.28. The van der Waals surface area contributed by atoms with E-state index in [9.17, 15) is 4.79 Å². The lowest BCUT2D eigenvalue weighted by Gasteiger charge is -2.09. The Balaban J connectivity index is 1.66. The fraction of sp³-hybridized carbons (Fsp3) is 0.333. The molecule has 0 radical (unpaired) electrons. The minimum atomic E-state index is -0.446. The van der Waals surface area contributed by atoms with Crippen LogP contribution in [-0.4, -0.2) is 35.1 Å². The first-order chi connectivity index (χ1) is 10.2. The van der Waals surface area contributed by atoms with Gasteiger partial charge in [0.25, 0.3) is 0 Å². The molecule has 0 amide bonds. The number of hydrogen-bond donors (Lipinski definition) is 1. The van der Waals surface area contributed by atoms with Gasteiger partial charge in [0.15, 0.2) is 5.69 Å². The molecule has 1 fully saturated rings. The number of nitrogen functional groups attached to an aromatic ring is 1. The SMILES string of the molecule is Nc1ccccc1-n1ccc(C(=O)OCC2CCCO2)n1. The van der Waals surface area contributed by atoms with Gasteiger partial charge in [-0.3, -0.25) is 0 Å². The molecule has 3 rings (SSSR count). The number of ether oxygens (including phenoxy) is 2. The van der Waals surface area contributed by atoms with E-state index < -0.39 is 5.97 Å². The zero-order valence-corrected chi connectivity index (χ0v) is 11.6. The summed E-state index contributed by atoms with van der Waals surface area (Å²) in [7, 11) is 0. The van der Waals surface area contributed by atoms with Crippen LogP contribution in [-0.2, 0) is 9.47 Å². The number of esters is 1. The average molecular weight is 287 g/mol. The van der Waals surface area contributed by atoms with E-state index in [1.54, 1.807) is 23.0 Å². The van der Waals surface area contributed by atoms with Crippen molar-refractivity contribution in [3.8, 4) is 5.69 Å². The first-order valence-electron chi connectivity index (χ1n) is 6.93. The summed E-state index contributed by atoms with van der Waals surface area (Å²) in [5.41, 5.74) is 7.48. The van der Waals surface area contributed by atoms with Crippen LogP contribution in [0.5, 0.6) is 0 Å². The van der Waals surface area contributed by atoms with Gasteiger partial charge < -0.3 is 15.2 Å². The summed E-state index contributed by atoms with van der Waals surface area (Å²) in [6, 6.07) is 8.95. The van der Waals surface area contributed by atoms with E-state index in [4.69, 9.17) is 15.2 Å². The maximum Gasteiger partial charge on any atom is 0.358 e. The molecule has 110 valence electrons. The van der Waals surface area contributed by atoms with E-state index in [0.29, 0.717) is 5.69 Å². The summed E-state index contributed by atoms with van der Waals surface area (Å²) < 4.78 is 12.2. The molecule has 1 saturated heterocycles. The number of rotatable bonds is 4. The van der Waals surface area contributed by atoms with Crippen LogP contribution < -0.4 is 5.73 Å². The molecule has 1 atom stereocenters. The first-order valence-corrected chi connectivity index (χ1v) is 6.93. The quantitative estimate of drug-likeness (QED) is 0.685. The van der Waals surface area contributed by atoms with E-state index in [1.165, 1.54) is 0 Å². The van der Waals surface area contributed by atoms with Crippen molar-refractivity contribution in [2.75, 3.05) is 18.9 Å². The van der Waals surface area contributed by atoms with Crippen LogP contribution >= 0.6 is 0 Å². The summed E-state index contributed by atoms with van der Waals surface area (Å²) in [6.45, 7) is 1.02. The summed E-state index contributed by atoms with van der Waals surface area (Å²) in [5.74, 6) is -0.446. The molecule has 0 aliphatic carbocycles. The largest absolute Gasteiger partial charge is 0.458 e. The Morgan fingerprint density at radius 2 is 2.29 bits per heavy atom. The van der Waals surface area contributed by atoms with Crippen molar-refractivity contribution in [3.05, 3.63) is 42.2 Å². The van der Waals surface area contributed by atoms with Crippen molar-refractivity contribution < 1.29 is 14.3 Å². The Labute approximate surface area is 122 Å². The molecule has 6 heteroatoms. The van der Waals surface area contributed by atoms with Gasteiger partial charge in [-0.2, -0.15) is 5.10 Å². The third kappa shape index (κ3) is 3.05. The number of anilines is 1. The normalized spacial score (nSPS) is 17.8. The van der Waals surface area contributed by atoms with Crippen LogP contribution in [0.25, 0.3) is 5.69 Å². The van der Waals surface area contributed by atoms with Crippen LogP contribution in [0.15, 0.2) is 36.5 Å². The number of aromatic nitrogens is 2. The third-order valence-electron chi connectivity index (χ3n) is 3.41. The van der Waals surface area contributed by atoms with E-state index >= 15 is 0 Å². The lowest BCUT2D eigenvalue weighted by molar-refractivity contribution is 0.0156. The van der Waals surface area contributed by atoms with Crippen molar-refractivity contribution in [2.24, 2.45) is 0 Å². The van der Waals surface area contributed by atoms with Crippen LogP contribution in [0, 0.1) is 0 Å². The van der Waals surface area contributed by atoms with Gasteiger partial charge in [-0.25, -0.2) is 9.48 Å². The number of nitrogens with zero attached hydrogens (tertiary/aromatic N) is 2. The Morgan fingerprint density at radius 3 is 3.05 bits per heavy atom. The molecule has 1 unspecified atom stereocenters. The average Bonchev–Trinajstić information content (AvgIpc) is 3.17. The van der Waals surface area contributed by atoms with Crippen LogP contribution in [0.1, 0.15) is 23.3 Å². The van der Waals surface area contributed by atoms with Gasteiger partial charge >= 0.3 is 5.97 Å². The molecule has 2 heterocycles. The molecule has 2 N–H and O–H groups in total. The molecule has 1 aromatic carbocycles. The highest BCUT2D eigenvalue weighted by atomic mass is 16.6. The molecule has 2 aromatic rings. The lowest BCUT2D eigenvalue weighted by atomic mass is 10.2. The molecule has 1 aliphatic rings. The second-order valence-corrected chi connectivity index (χ2v) is 4.94. The number of carbonyl (C=O) groups excluding carboxylic acids is 1. The minimum absolute atomic E-state index is 0.0146. The predicted octanol–water partition coefficient (Wildman–Crippen LogP) is 1.79. The van der Waals surface area contributed by atoms with Gasteiger partial charge in [0.1, 0.15) is 6.61 Å². The molecule has 0 spiro atoms. The lowest BCUT2D eigenvalue weighted by Crippen LogP contribution is -2.18. The Hall–Kier alpha value is -2.34.